The summed E-state index contributed by atoms with van der Waals surface area (Å²) in [6.45, 7) is 0.385. The number of methoxy groups -OCH3 is 1. The largest absolute Gasteiger partial charge is 0.499 e. The topological polar surface area (TPSA) is 58.9 Å². The lowest BCUT2D eigenvalue weighted by Crippen LogP contribution is -2.26. The van der Waals surface area contributed by atoms with Crippen LogP contribution in [0.2, 0.25) is 0 Å². The molecule has 0 fully saturated rings. The Hall–Kier alpha value is -1.50. The maximum Gasteiger partial charge on any atom is 0.499 e. The summed E-state index contributed by atoms with van der Waals surface area (Å²) in [5, 5.41) is 19.8. The fourth-order valence-corrected chi connectivity index (χ4v) is 2.23. The highest BCUT2D eigenvalue weighted by Gasteiger charge is 2.13. The monoisotopic (exact) mass is 264 g/mol. The summed E-state index contributed by atoms with van der Waals surface area (Å²) in [4.78, 5) is 0. The average molecular weight is 264 g/mol. The molecule has 2 aromatic rings. The molecule has 1 aromatic heterocycles. The van der Waals surface area contributed by atoms with Gasteiger partial charge in [-0.05, 0) is 29.1 Å². The molecule has 18 heavy (non-hydrogen) atoms. The quantitative estimate of drug-likeness (QED) is 0.791. The second kappa shape index (κ2) is 5.90. The van der Waals surface area contributed by atoms with Crippen LogP contribution >= 0.6 is 11.3 Å². The molecule has 0 bridgehead atoms. The van der Waals surface area contributed by atoms with Gasteiger partial charge in [0, 0.05) is 10.8 Å². The fraction of sp³-hybridized carbons (Fsp3) is 0.167. The summed E-state index contributed by atoms with van der Waals surface area (Å²) in [7, 11) is 0.188. The van der Waals surface area contributed by atoms with Crippen LogP contribution in [0, 0.1) is 0 Å². The Morgan fingerprint density at radius 3 is 2.67 bits per heavy atom. The summed E-state index contributed by atoms with van der Waals surface area (Å²) in [6.07, 6.45) is 0. The second-order valence-electron chi connectivity index (χ2n) is 3.70. The Labute approximate surface area is 110 Å². The van der Waals surface area contributed by atoms with Crippen LogP contribution in [0.5, 0.6) is 11.5 Å². The zero-order valence-corrected chi connectivity index (χ0v) is 10.7. The number of hydrogen-bond acceptors (Lipinski definition) is 5. The van der Waals surface area contributed by atoms with E-state index in [2.05, 4.69) is 0 Å². The highest BCUT2D eigenvalue weighted by molar-refractivity contribution is 7.20. The highest BCUT2D eigenvalue weighted by Crippen LogP contribution is 2.20. The standard InChI is InChI=1S/C12H13BO4S/c1-16-10-3-2-4-11(6-10)17-7-9-5-12(13(14)15)18-8-9/h2-6,8,14-15H,7H2,1H3. The minimum atomic E-state index is -1.42. The Bertz CT molecular complexity index is 512. The third-order valence-corrected chi connectivity index (χ3v) is 3.40. The molecule has 4 nitrogen and oxygen atoms in total. The summed E-state index contributed by atoms with van der Waals surface area (Å²) in [5.74, 6) is 1.45. The molecular formula is C12H13BO4S. The number of benzene rings is 1. The van der Waals surface area contributed by atoms with Crippen molar-refractivity contribution in [3.63, 3.8) is 0 Å². The van der Waals surface area contributed by atoms with E-state index in [1.54, 1.807) is 19.2 Å². The predicted molar refractivity (Wildman–Crippen MR) is 71.5 cm³/mol. The lowest BCUT2D eigenvalue weighted by Gasteiger charge is -2.06. The van der Waals surface area contributed by atoms with E-state index in [0.717, 1.165) is 11.3 Å². The molecule has 0 saturated carbocycles. The molecule has 94 valence electrons. The van der Waals surface area contributed by atoms with E-state index in [9.17, 15) is 0 Å². The first kappa shape index (κ1) is 12.9. The van der Waals surface area contributed by atoms with Crippen LogP contribution in [-0.4, -0.2) is 24.3 Å². The maximum absolute atomic E-state index is 9.00. The van der Waals surface area contributed by atoms with Gasteiger partial charge in [-0.2, -0.15) is 11.3 Å². The Balaban J connectivity index is 1.97. The fourth-order valence-electron chi connectivity index (χ4n) is 1.46. The van der Waals surface area contributed by atoms with E-state index < -0.39 is 7.12 Å². The van der Waals surface area contributed by atoms with Crippen molar-refractivity contribution in [2.24, 2.45) is 0 Å². The number of hydrogen-bond donors (Lipinski definition) is 2. The van der Waals surface area contributed by atoms with Gasteiger partial charge in [0.05, 0.1) is 7.11 Å². The molecule has 1 heterocycles. The van der Waals surface area contributed by atoms with Crippen LogP contribution in [0.25, 0.3) is 0 Å². The zero-order valence-electron chi connectivity index (χ0n) is 9.87. The Kier molecular flexibility index (Phi) is 4.25. The van der Waals surface area contributed by atoms with Gasteiger partial charge >= 0.3 is 7.12 Å². The van der Waals surface area contributed by atoms with Gasteiger partial charge in [0.15, 0.2) is 0 Å². The van der Waals surface area contributed by atoms with E-state index in [0.29, 0.717) is 17.1 Å². The van der Waals surface area contributed by atoms with Crippen LogP contribution in [0.1, 0.15) is 5.56 Å². The summed E-state index contributed by atoms with van der Waals surface area (Å²) < 4.78 is 11.2. The van der Waals surface area contributed by atoms with Crippen molar-refractivity contribution in [2.45, 2.75) is 6.61 Å². The van der Waals surface area contributed by atoms with Crippen molar-refractivity contribution in [3.05, 3.63) is 41.3 Å². The predicted octanol–water partition coefficient (Wildman–Crippen LogP) is 1.02. The van der Waals surface area contributed by atoms with E-state index in [-0.39, 0.29) is 0 Å². The number of rotatable bonds is 5. The van der Waals surface area contributed by atoms with Gasteiger partial charge < -0.3 is 19.5 Å². The summed E-state index contributed by atoms with van der Waals surface area (Å²) >= 11 is 1.30. The first-order chi connectivity index (χ1) is 8.69. The van der Waals surface area contributed by atoms with Crippen LogP contribution < -0.4 is 14.3 Å². The van der Waals surface area contributed by atoms with Gasteiger partial charge in [0.25, 0.3) is 0 Å². The Morgan fingerprint density at radius 1 is 1.22 bits per heavy atom. The van der Waals surface area contributed by atoms with Crippen LogP contribution in [0.3, 0.4) is 0 Å². The van der Waals surface area contributed by atoms with Crippen molar-refractivity contribution in [1.29, 1.82) is 0 Å². The van der Waals surface area contributed by atoms with Gasteiger partial charge in [-0.3, -0.25) is 0 Å². The molecule has 6 heteroatoms. The minimum absolute atomic E-state index is 0.385. The van der Waals surface area contributed by atoms with Gasteiger partial charge in [0.2, 0.25) is 0 Å². The lowest BCUT2D eigenvalue weighted by atomic mass is 9.89. The molecule has 0 radical (unpaired) electrons. The molecular weight excluding hydrogens is 251 g/mol. The van der Waals surface area contributed by atoms with E-state index >= 15 is 0 Å². The molecule has 0 saturated heterocycles. The second-order valence-corrected chi connectivity index (χ2v) is 4.64. The zero-order chi connectivity index (χ0) is 13.0. The molecule has 1 aromatic carbocycles. The molecule has 0 aliphatic rings. The van der Waals surface area contributed by atoms with Crippen molar-refractivity contribution in [3.8, 4) is 11.5 Å². The maximum atomic E-state index is 9.00. The van der Waals surface area contributed by atoms with Crippen LogP contribution in [0.4, 0.5) is 0 Å². The molecule has 0 unspecified atom stereocenters. The van der Waals surface area contributed by atoms with Crippen molar-refractivity contribution in [2.75, 3.05) is 7.11 Å². The van der Waals surface area contributed by atoms with Crippen molar-refractivity contribution >= 4 is 23.2 Å². The van der Waals surface area contributed by atoms with Crippen molar-refractivity contribution < 1.29 is 19.5 Å². The van der Waals surface area contributed by atoms with Crippen LogP contribution in [-0.2, 0) is 6.61 Å². The lowest BCUT2D eigenvalue weighted by molar-refractivity contribution is 0.304. The molecule has 0 atom stereocenters. The van der Waals surface area contributed by atoms with Gasteiger partial charge in [-0.15, -0.1) is 0 Å². The van der Waals surface area contributed by atoms with E-state index in [4.69, 9.17) is 19.5 Å². The molecule has 2 rings (SSSR count). The van der Waals surface area contributed by atoms with E-state index in [1.807, 2.05) is 23.6 Å². The average Bonchev–Trinajstić information content (AvgIpc) is 2.85. The third-order valence-electron chi connectivity index (χ3n) is 2.38. The Morgan fingerprint density at radius 2 is 2.00 bits per heavy atom. The molecule has 0 aliphatic carbocycles. The van der Waals surface area contributed by atoms with Gasteiger partial charge in [-0.25, -0.2) is 0 Å². The first-order valence-electron chi connectivity index (χ1n) is 5.39. The smallest absolute Gasteiger partial charge is 0.497 e. The third kappa shape index (κ3) is 3.26. The molecule has 2 N–H and O–H groups in total. The first-order valence-corrected chi connectivity index (χ1v) is 6.27. The SMILES string of the molecule is COc1cccc(OCc2csc(B(O)O)c2)c1. The number of thiophene rings is 1. The van der Waals surface area contributed by atoms with Crippen molar-refractivity contribution in [1.82, 2.24) is 0 Å². The molecule has 0 spiro atoms. The summed E-state index contributed by atoms with van der Waals surface area (Å²) in [5.41, 5.74) is 0.908. The molecule has 0 aliphatic heterocycles. The van der Waals surface area contributed by atoms with Crippen LogP contribution in [0.15, 0.2) is 35.7 Å². The molecule has 0 amide bonds. The highest BCUT2D eigenvalue weighted by atomic mass is 32.1. The number of ether oxygens (including phenoxy) is 2. The minimum Gasteiger partial charge on any atom is -0.497 e. The normalized spacial score (nSPS) is 10.2. The summed E-state index contributed by atoms with van der Waals surface area (Å²) in [6, 6.07) is 9.06. The van der Waals surface area contributed by atoms with Gasteiger partial charge in [-0.1, -0.05) is 6.07 Å². The van der Waals surface area contributed by atoms with Gasteiger partial charge in [0.1, 0.15) is 18.1 Å². The van der Waals surface area contributed by atoms with E-state index in [1.165, 1.54) is 11.3 Å².